The van der Waals surface area contributed by atoms with Crippen LogP contribution in [0.15, 0.2) is 9.13 Å². The van der Waals surface area contributed by atoms with Crippen LogP contribution in [0.2, 0.25) is 0 Å². The van der Waals surface area contributed by atoms with E-state index in [1.54, 1.807) is 0 Å². The topological polar surface area (TPSA) is 61.3 Å². The van der Waals surface area contributed by atoms with Gasteiger partial charge in [0.25, 0.3) is 0 Å². The molecule has 66 valence electrons. The molecule has 1 aliphatic rings. The molecule has 4 nitrogen and oxygen atoms in total. The van der Waals surface area contributed by atoms with Gasteiger partial charge in [-0.2, -0.15) is 0 Å². The normalized spacial score (nSPS) is 23.2. The fourth-order valence-electron chi connectivity index (χ4n) is 1.33. The molecule has 0 aliphatic carbocycles. The Labute approximate surface area is 78.2 Å². The molecule has 1 aromatic heterocycles. The van der Waals surface area contributed by atoms with E-state index in [9.17, 15) is 0 Å². The van der Waals surface area contributed by atoms with Gasteiger partial charge in [-0.05, 0) is 22.4 Å². The van der Waals surface area contributed by atoms with Crippen molar-refractivity contribution in [3.05, 3.63) is 10.4 Å². The molecule has 1 atom stereocenters. The number of halogens is 1. The number of nitrogens with zero attached hydrogens (tertiary/aromatic N) is 1. The molecule has 1 unspecified atom stereocenters. The number of aromatic nitrogens is 1. The van der Waals surface area contributed by atoms with E-state index in [1.807, 2.05) is 0 Å². The third kappa shape index (κ3) is 1.23. The Bertz CT molecular complexity index is 281. The number of hydrogen-bond donors (Lipinski definition) is 1. The van der Waals surface area contributed by atoms with Gasteiger partial charge in [0.2, 0.25) is 0 Å². The van der Waals surface area contributed by atoms with Crippen molar-refractivity contribution in [1.29, 1.82) is 0 Å². The first-order valence-electron chi connectivity index (χ1n) is 3.77. The third-order valence-electron chi connectivity index (χ3n) is 2.01. The lowest BCUT2D eigenvalue weighted by atomic mass is 10.1. The number of nitrogen functional groups attached to an aromatic ring is 1. The molecule has 0 amide bonds. The first-order chi connectivity index (χ1) is 5.79. The van der Waals surface area contributed by atoms with Crippen LogP contribution in [0.25, 0.3) is 0 Å². The Morgan fingerprint density at radius 1 is 1.58 bits per heavy atom. The lowest BCUT2D eigenvalue weighted by molar-refractivity contribution is 0.190. The highest BCUT2D eigenvalue weighted by atomic mass is 79.9. The maximum Gasteiger partial charge on any atom is 0.172 e. The minimum Gasteiger partial charge on any atom is -0.394 e. The van der Waals surface area contributed by atoms with Gasteiger partial charge in [-0.15, -0.1) is 0 Å². The second-order valence-electron chi connectivity index (χ2n) is 2.81. The zero-order valence-corrected chi connectivity index (χ0v) is 8.00. The van der Waals surface area contributed by atoms with E-state index < -0.39 is 0 Å². The lowest BCUT2D eigenvalue weighted by Gasteiger charge is -2.01. The minimum atomic E-state index is 0.281. The van der Waals surface area contributed by atoms with E-state index in [2.05, 4.69) is 21.1 Å². The maximum atomic E-state index is 5.72. The number of ether oxygens (including phenoxy) is 1. The summed E-state index contributed by atoms with van der Waals surface area (Å²) in [5.41, 5.74) is 6.33. The summed E-state index contributed by atoms with van der Waals surface area (Å²) in [5.74, 6) is 1.03. The Morgan fingerprint density at radius 3 is 2.92 bits per heavy atom. The van der Waals surface area contributed by atoms with Crippen LogP contribution < -0.4 is 5.73 Å². The van der Waals surface area contributed by atoms with Crippen LogP contribution in [-0.4, -0.2) is 18.4 Å². The summed E-state index contributed by atoms with van der Waals surface area (Å²) in [6, 6.07) is 0. The van der Waals surface area contributed by atoms with Crippen molar-refractivity contribution in [1.82, 2.24) is 5.16 Å². The average Bonchev–Trinajstić information content (AvgIpc) is 2.64. The summed E-state index contributed by atoms with van der Waals surface area (Å²) in [6.45, 7) is 1.47. The monoisotopic (exact) mass is 232 g/mol. The molecular formula is C7H9BrN2O2. The third-order valence-corrected chi connectivity index (χ3v) is 2.58. The molecule has 0 bridgehead atoms. The van der Waals surface area contributed by atoms with Gasteiger partial charge in [0.05, 0.1) is 6.61 Å². The van der Waals surface area contributed by atoms with Crippen molar-refractivity contribution in [3.63, 3.8) is 0 Å². The van der Waals surface area contributed by atoms with Crippen LogP contribution in [0.4, 0.5) is 5.69 Å². The van der Waals surface area contributed by atoms with E-state index in [0.717, 1.165) is 18.8 Å². The fourth-order valence-corrected chi connectivity index (χ4v) is 1.59. The van der Waals surface area contributed by atoms with E-state index in [1.165, 1.54) is 0 Å². The Morgan fingerprint density at radius 2 is 2.42 bits per heavy atom. The summed E-state index contributed by atoms with van der Waals surface area (Å²) < 4.78 is 10.9. The Balaban J connectivity index is 2.26. The smallest absolute Gasteiger partial charge is 0.172 e. The van der Waals surface area contributed by atoms with E-state index in [0.29, 0.717) is 16.9 Å². The van der Waals surface area contributed by atoms with Crippen LogP contribution in [0.3, 0.4) is 0 Å². The lowest BCUT2D eigenvalue weighted by Crippen LogP contribution is -1.99. The molecular weight excluding hydrogens is 224 g/mol. The number of anilines is 1. The summed E-state index contributed by atoms with van der Waals surface area (Å²) in [6.07, 6.45) is 0.964. The highest BCUT2D eigenvalue weighted by Gasteiger charge is 2.25. The minimum absolute atomic E-state index is 0.281. The zero-order valence-electron chi connectivity index (χ0n) is 6.42. The summed E-state index contributed by atoms with van der Waals surface area (Å²) >= 11 is 3.19. The van der Waals surface area contributed by atoms with E-state index >= 15 is 0 Å². The van der Waals surface area contributed by atoms with Crippen LogP contribution in [-0.2, 0) is 4.74 Å². The second-order valence-corrected chi connectivity index (χ2v) is 3.56. The highest BCUT2D eigenvalue weighted by Crippen LogP contribution is 2.33. The van der Waals surface area contributed by atoms with Crippen LogP contribution in [0.1, 0.15) is 18.1 Å². The summed E-state index contributed by atoms with van der Waals surface area (Å²) in [4.78, 5) is 0. The molecule has 1 aromatic rings. The molecule has 2 N–H and O–H groups in total. The largest absolute Gasteiger partial charge is 0.394 e. The predicted octanol–water partition coefficient (Wildman–Crippen LogP) is 1.52. The molecule has 12 heavy (non-hydrogen) atoms. The van der Waals surface area contributed by atoms with Crippen molar-refractivity contribution in [2.24, 2.45) is 0 Å². The molecule has 2 rings (SSSR count). The van der Waals surface area contributed by atoms with Crippen LogP contribution >= 0.6 is 15.9 Å². The molecule has 0 saturated carbocycles. The van der Waals surface area contributed by atoms with Crippen molar-refractivity contribution >= 4 is 21.6 Å². The first-order valence-corrected chi connectivity index (χ1v) is 4.56. The van der Waals surface area contributed by atoms with Gasteiger partial charge < -0.3 is 15.0 Å². The standard InChI is InChI=1S/C7H9BrN2O2/c8-7-5(9)6(12-10-7)4-1-2-11-3-4/h4H,1-3,9H2. The van der Waals surface area contributed by atoms with E-state index in [4.69, 9.17) is 15.0 Å². The molecule has 2 heterocycles. The fraction of sp³-hybridized carbons (Fsp3) is 0.571. The average molecular weight is 233 g/mol. The molecule has 1 fully saturated rings. The van der Waals surface area contributed by atoms with Gasteiger partial charge in [0, 0.05) is 12.5 Å². The van der Waals surface area contributed by atoms with Gasteiger partial charge >= 0.3 is 0 Å². The zero-order chi connectivity index (χ0) is 8.55. The van der Waals surface area contributed by atoms with Gasteiger partial charge in [-0.3, -0.25) is 0 Å². The van der Waals surface area contributed by atoms with Crippen molar-refractivity contribution in [3.8, 4) is 0 Å². The van der Waals surface area contributed by atoms with E-state index in [-0.39, 0.29) is 5.92 Å². The quantitative estimate of drug-likeness (QED) is 0.798. The molecule has 5 heteroatoms. The molecule has 0 aromatic carbocycles. The van der Waals surface area contributed by atoms with Crippen molar-refractivity contribution in [2.45, 2.75) is 12.3 Å². The van der Waals surface area contributed by atoms with Crippen LogP contribution in [0, 0.1) is 0 Å². The summed E-state index contributed by atoms with van der Waals surface area (Å²) in [7, 11) is 0. The van der Waals surface area contributed by atoms with Crippen LogP contribution in [0.5, 0.6) is 0 Å². The Hall–Kier alpha value is -0.550. The van der Waals surface area contributed by atoms with Gasteiger partial charge in [0.1, 0.15) is 5.69 Å². The van der Waals surface area contributed by atoms with Gasteiger partial charge in [0.15, 0.2) is 10.4 Å². The molecule has 0 spiro atoms. The van der Waals surface area contributed by atoms with Crippen molar-refractivity contribution < 1.29 is 9.26 Å². The Kier molecular flexibility index (Phi) is 2.06. The predicted molar refractivity (Wildman–Crippen MR) is 46.8 cm³/mol. The molecule has 1 saturated heterocycles. The molecule has 0 radical (unpaired) electrons. The van der Waals surface area contributed by atoms with Gasteiger partial charge in [-0.1, -0.05) is 5.16 Å². The summed E-state index contributed by atoms with van der Waals surface area (Å²) in [5, 5.41) is 3.72. The highest BCUT2D eigenvalue weighted by molar-refractivity contribution is 9.10. The van der Waals surface area contributed by atoms with Crippen molar-refractivity contribution in [2.75, 3.05) is 18.9 Å². The number of rotatable bonds is 1. The number of hydrogen-bond acceptors (Lipinski definition) is 4. The number of nitrogens with two attached hydrogens (primary N) is 1. The molecule has 1 aliphatic heterocycles. The maximum absolute atomic E-state index is 5.72. The SMILES string of the molecule is Nc1c(Br)noc1C1CCOC1. The van der Waals surface area contributed by atoms with Gasteiger partial charge in [-0.25, -0.2) is 0 Å². The second kappa shape index (κ2) is 3.06. The first kappa shape index (κ1) is 8.07.